The molecule has 194 valence electrons. The van der Waals surface area contributed by atoms with Crippen molar-refractivity contribution in [3.05, 3.63) is 127 Å². The lowest BCUT2D eigenvalue weighted by atomic mass is 10.1. The molecule has 0 bridgehead atoms. The maximum absolute atomic E-state index is 13.0. The molecule has 0 saturated heterocycles. The van der Waals surface area contributed by atoms with E-state index in [9.17, 15) is 4.79 Å². The molecular formula is C32H29N4O3+. The van der Waals surface area contributed by atoms with Crippen LogP contribution in [0.2, 0.25) is 0 Å². The summed E-state index contributed by atoms with van der Waals surface area (Å²) in [4.78, 5) is 13.0. The molecule has 1 N–H and O–H groups in total. The van der Waals surface area contributed by atoms with E-state index in [4.69, 9.17) is 14.6 Å². The average molecular weight is 518 g/mol. The van der Waals surface area contributed by atoms with Crippen LogP contribution in [0.15, 0.2) is 121 Å². The highest BCUT2D eigenvalue weighted by molar-refractivity contribution is 5.98. The summed E-state index contributed by atoms with van der Waals surface area (Å²) in [7, 11) is 3.01. The SMILES string of the molecule is COC(=O)/C(C)=C(/Nc1ccc(OC)cc1)c1n(-c2ccccc2)nc(-c2ccccc2)[n+]1-c1ccccc1. The van der Waals surface area contributed by atoms with Crippen LogP contribution in [-0.4, -0.2) is 30.0 Å². The quantitative estimate of drug-likeness (QED) is 0.159. The first-order valence-corrected chi connectivity index (χ1v) is 12.5. The summed E-state index contributed by atoms with van der Waals surface area (Å²) in [6, 6.07) is 37.3. The third-order valence-electron chi connectivity index (χ3n) is 6.32. The highest BCUT2D eigenvalue weighted by Crippen LogP contribution is 2.28. The third kappa shape index (κ3) is 5.29. The molecule has 0 spiro atoms. The molecule has 0 aliphatic rings. The van der Waals surface area contributed by atoms with Crippen molar-refractivity contribution in [1.82, 2.24) is 9.78 Å². The Bertz CT molecular complexity index is 1590. The van der Waals surface area contributed by atoms with Crippen LogP contribution in [0.4, 0.5) is 5.69 Å². The molecule has 1 heterocycles. The number of hydrogen-bond donors (Lipinski definition) is 1. The van der Waals surface area contributed by atoms with Crippen molar-refractivity contribution in [2.24, 2.45) is 0 Å². The zero-order valence-electron chi connectivity index (χ0n) is 22.0. The number of aromatic nitrogens is 3. The van der Waals surface area contributed by atoms with Gasteiger partial charge in [-0.05, 0) is 67.6 Å². The van der Waals surface area contributed by atoms with Crippen LogP contribution in [0.1, 0.15) is 12.7 Å². The first-order valence-electron chi connectivity index (χ1n) is 12.5. The molecule has 0 aliphatic heterocycles. The van der Waals surface area contributed by atoms with Gasteiger partial charge < -0.3 is 14.8 Å². The standard InChI is InChI=1S/C32H28N4O3/c1-23(32(37)39-3)29(33-25-19-21-28(38-2)22-20-25)31-35(26-15-9-5-10-16-26)30(24-13-7-4-8-14-24)34-36(31)27-17-11-6-12-18-27/h4-22H,1-3H3/p+1. The number of rotatable bonds is 8. The molecule has 5 rings (SSSR count). The summed E-state index contributed by atoms with van der Waals surface area (Å²) in [5.74, 6) is 1.65. The number of nitrogens with one attached hydrogen (secondary N) is 1. The second kappa shape index (κ2) is 11.5. The number of methoxy groups -OCH3 is 2. The minimum absolute atomic E-state index is 0.398. The molecule has 0 amide bonds. The Morgan fingerprint density at radius 1 is 0.795 bits per heavy atom. The molecule has 0 radical (unpaired) electrons. The minimum Gasteiger partial charge on any atom is -0.497 e. The normalized spacial score (nSPS) is 11.5. The first kappa shape index (κ1) is 25.5. The number of carbonyl (C=O) groups is 1. The van der Waals surface area contributed by atoms with Gasteiger partial charge >= 0.3 is 11.8 Å². The zero-order chi connectivity index (χ0) is 27.2. The molecule has 7 heteroatoms. The fourth-order valence-electron chi connectivity index (χ4n) is 4.34. The number of anilines is 1. The van der Waals surface area contributed by atoms with Crippen molar-refractivity contribution in [2.45, 2.75) is 6.92 Å². The van der Waals surface area contributed by atoms with Gasteiger partial charge in [0.25, 0.3) is 5.82 Å². The molecule has 4 aromatic carbocycles. The van der Waals surface area contributed by atoms with Gasteiger partial charge in [0.2, 0.25) is 0 Å². The Morgan fingerprint density at radius 3 is 1.97 bits per heavy atom. The number of para-hydroxylation sites is 2. The Kier molecular flexibility index (Phi) is 7.50. The van der Waals surface area contributed by atoms with Crippen LogP contribution in [0.3, 0.4) is 0 Å². The third-order valence-corrected chi connectivity index (χ3v) is 6.32. The topological polar surface area (TPSA) is 69.3 Å². The van der Waals surface area contributed by atoms with Gasteiger partial charge in [-0.25, -0.2) is 4.79 Å². The molecule has 5 aromatic rings. The average Bonchev–Trinajstić information content (AvgIpc) is 3.41. The van der Waals surface area contributed by atoms with Gasteiger partial charge in [-0.2, -0.15) is 4.57 Å². The van der Waals surface area contributed by atoms with E-state index < -0.39 is 5.97 Å². The summed E-state index contributed by atoms with van der Waals surface area (Å²) in [6.45, 7) is 1.75. The molecule has 0 fully saturated rings. The number of hydrogen-bond acceptors (Lipinski definition) is 5. The van der Waals surface area contributed by atoms with E-state index in [0.717, 1.165) is 28.4 Å². The highest BCUT2D eigenvalue weighted by Gasteiger charge is 2.34. The molecule has 1 aromatic heterocycles. The molecule has 0 aliphatic carbocycles. The molecule has 0 saturated carbocycles. The predicted octanol–water partition coefficient (Wildman–Crippen LogP) is 5.84. The molecular weight excluding hydrogens is 488 g/mol. The van der Waals surface area contributed by atoms with Crippen molar-refractivity contribution in [2.75, 3.05) is 19.5 Å². The van der Waals surface area contributed by atoms with Crippen molar-refractivity contribution >= 4 is 17.4 Å². The molecule has 0 unspecified atom stereocenters. The minimum atomic E-state index is -0.451. The van der Waals surface area contributed by atoms with E-state index in [1.165, 1.54) is 7.11 Å². The lowest BCUT2D eigenvalue weighted by molar-refractivity contribution is -0.587. The molecule has 39 heavy (non-hydrogen) atoms. The maximum atomic E-state index is 13.0. The lowest BCUT2D eigenvalue weighted by Crippen LogP contribution is -2.38. The van der Waals surface area contributed by atoms with Crippen LogP contribution in [0.5, 0.6) is 5.75 Å². The zero-order valence-corrected chi connectivity index (χ0v) is 22.0. The fraction of sp³-hybridized carbons (Fsp3) is 0.0938. The highest BCUT2D eigenvalue weighted by atomic mass is 16.5. The smallest absolute Gasteiger partial charge is 0.335 e. The second-order valence-electron chi connectivity index (χ2n) is 8.78. The summed E-state index contributed by atoms with van der Waals surface area (Å²) in [6.07, 6.45) is 0. The van der Waals surface area contributed by atoms with Gasteiger partial charge in [0.05, 0.1) is 30.5 Å². The van der Waals surface area contributed by atoms with Gasteiger partial charge in [-0.3, -0.25) is 0 Å². The van der Waals surface area contributed by atoms with Gasteiger partial charge in [0, 0.05) is 5.69 Å². The molecule has 7 nitrogen and oxygen atoms in total. The number of carbonyl (C=O) groups excluding carboxylic acids is 1. The monoisotopic (exact) mass is 517 g/mol. The van der Waals surface area contributed by atoms with E-state index in [1.54, 1.807) is 14.0 Å². The van der Waals surface area contributed by atoms with Crippen molar-refractivity contribution in [3.8, 4) is 28.5 Å². The lowest BCUT2D eigenvalue weighted by Gasteiger charge is -2.15. The predicted molar refractivity (Wildman–Crippen MR) is 152 cm³/mol. The van der Waals surface area contributed by atoms with Gasteiger partial charge in [-0.1, -0.05) is 59.3 Å². The van der Waals surface area contributed by atoms with Gasteiger partial charge in [0.15, 0.2) is 0 Å². The largest absolute Gasteiger partial charge is 0.497 e. The Balaban J connectivity index is 1.86. The maximum Gasteiger partial charge on any atom is 0.335 e. The van der Waals surface area contributed by atoms with Crippen LogP contribution in [0.25, 0.3) is 28.5 Å². The van der Waals surface area contributed by atoms with Crippen LogP contribution in [0, 0.1) is 0 Å². The molecule has 0 atom stereocenters. The van der Waals surface area contributed by atoms with Crippen LogP contribution < -0.4 is 14.6 Å². The first-order chi connectivity index (χ1) is 19.1. The van der Waals surface area contributed by atoms with Gasteiger partial charge in [-0.15, -0.1) is 0 Å². The number of ether oxygens (including phenoxy) is 2. The van der Waals surface area contributed by atoms with Crippen LogP contribution >= 0.6 is 0 Å². The van der Waals surface area contributed by atoms with Crippen molar-refractivity contribution < 1.29 is 18.8 Å². The van der Waals surface area contributed by atoms with Gasteiger partial charge in [0.1, 0.15) is 22.8 Å². The van der Waals surface area contributed by atoms with E-state index in [2.05, 4.69) is 9.88 Å². The van der Waals surface area contributed by atoms with Crippen molar-refractivity contribution in [3.63, 3.8) is 0 Å². The van der Waals surface area contributed by atoms with E-state index in [-0.39, 0.29) is 0 Å². The number of nitrogens with zero attached hydrogens (tertiary/aromatic N) is 3. The fourth-order valence-corrected chi connectivity index (χ4v) is 4.34. The Labute approximate surface area is 227 Å². The number of benzene rings is 4. The van der Waals surface area contributed by atoms with E-state index in [0.29, 0.717) is 22.9 Å². The second-order valence-corrected chi connectivity index (χ2v) is 8.78. The summed E-state index contributed by atoms with van der Waals surface area (Å²) >= 11 is 0. The Morgan fingerprint density at radius 2 is 1.38 bits per heavy atom. The summed E-state index contributed by atoms with van der Waals surface area (Å²) < 4.78 is 14.4. The summed E-state index contributed by atoms with van der Waals surface area (Å²) in [5, 5.41) is 8.61. The van der Waals surface area contributed by atoms with Crippen molar-refractivity contribution in [1.29, 1.82) is 0 Å². The Hall–Kier alpha value is -5.17. The van der Waals surface area contributed by atoms with E-state index in [1.807, 2.05) is 120 Å². The summed E-state index contributed by atoms with van der Waals surface area (Å²) in [5.41, 5.74) is 4.38. The van der Waals surface area contributed by atoms with Crippen LogP contribution in [-0.2, 0) is 9.53 Å². The number of esters is 1. The van der Waals surface area contributed by atoms with E-state index >= 15 is 0 Å².